The summed E-state index contributed by atoms with van der Waals surface area (Å²) in [6.45, 7) is 6.50. The highest BCUT2D eigenvalue weighted by Crippen LogP contribution is 2.45. The lowest BCUT2D eigenvalue weighted by molar-refractivity contribution is -0.143. The predicted molar refractivity (Wildman–Crippen MR) is 175 cm³/mol. The van der Waals surface area contributed by atoms with Crippen LogP contribution in [0.25, 0.3) is 16.6 Å². The molecule has 0 bridgehead atoms. The first-order valence-electron chi connectivity index (χ1n) is 15.7. The molecule has 2 aliphatic rings. The molecule has 2 atom stereocenters. The van der Waals surface area contributed by atoms with E-state index in [0.717, 1.165) is 32.5 Å². The third-order valence-corrected chi connectivity index (χ3v) is 10.0. The second-order valence-electron chi connectivity index (χ2n) is 11.7. The van der Waals surface area contributed by atoms with Gasteiger partial charge < -0.3 is 24.6 Å². The van der Waals surface area contributed by atoms with Gasteiger partial charge in [0.15, 0.2) is 17.7 Å². The van der Waals surface area contributed by atoms with Crippen LogP contribution < -0.4 is 4.72 Å². The molecule has 3 N–H and O–H groups in total. The molecule has 1 aliphatic heterocycles. The second-order valence-corrected chi connectivity index (χ2v) is 13.5. The first kappa shape index (κ1) is 36.6. The summed E-state index contributed by atoms with van der Waals surface area (Å²) in [5.41, 5.74) is -1.01. The van der Waals surface area contributed by atoms with Gasteiger partial charge in [-0.25, -0.2) is 27.2 Å². The van der Waals surface area contributed by atoms with Crippen LogP contribution in [0.1, 0.15) is 51.5 Å². The molecule has 0 amide bonds. The van der Waals surface area contributed by atoms with E-state index in [9.17, 15) is 18.0 Å². The molecule has 3 aromatic heterocycles. The Labute approximate surface area is 278 Å². The number of likely N-dealkylation sites (N-methyl/N-ethyl adjacent to an activating group) is 1. The summed E-state index contributed by atoms with van der Waals surface area (Å²) >= 11 is 0. The fourth-order valence-corrected chi connectivity index (χ4v) is 7.39. The van der Waals surface area contributed by atoms with Gasteiger partial charge >= 0.3 is 11.9 Å². The molecule has 13 nitrogen and oxygen atoms in total. The fraction of sp³-hybridized carbons (Fsp3) is 0.469. The molecule has 16 heteroatoms. The minimum absolute atomic E-state index is 0.0164. The second kappa shape index (κ2) is 15.7. The number of halogens is 2. The fourth-order valence-electron chi connectivity index (χ4n) is 6.00. The van der Waals surface area contributed by atoms with Crippen molar-refractivity contribution in [3.8, 4) is 0 Å². The number of carbonyl (C=O) groups is 2. The topological polar surface area (TPSA) is 171 Å². The lowest BCUT2D eigenvalue weighted by atomic mass is 9.86. The van der Waals surface area contributed by atoms with E-state index in [2.05, 4.69) is 31.5 Å². The Hall–Kier alpha value is -4.28. The Morgan fingerprint density at radius 1 is 1.10 bits per heavy atom. The number of nitrogens with zero attached hydrogens (tertiary/aromatic N) is 6. The van der Waals surface area contributed by atoms with Crippen LogP contribution in [0.5, 0.6) is 0 Å². The largest absolute Gasteiger partial charge is 0.481 e. The van der Waals surface area contributed by atoms with E-state index in [1.807, 2.05) is 4.90 Å². The van der Waals surface area contributed by atoms with Gasteiger partial charge in [0, 0.05) is 62.1 Å². The summed E-state index contributed by atoms with van der Waals surface area (Å²) in [4.78, 5) is 35.8. The van der Waals surface area contributed by atoms with Gasteiger partial charge in [-0.1, -0.05) is 13.8 Å². The van der Waals surface area contributed by atoms with Gasteiger partial charge in [0.1, 0.15) is 6.33 Å². The van der Waals surface area contributed by atoms with Crippen molar-refractivity contribution in [2.24, 2.45) is 0 Å². The normalized spacial score (nSPS) is 20.6. The van der Waals surface area contributed by atoms with Crippen LogP contribution in [-0.2, 0) is 25.3 Å². The number of nitrogens with one attached hydrogen (secondary N) is 1. The SMILES string of the molecule is CCCS(=O)(=O)NC1(n2ccc3ncccc32)C=C(N(C)C2CCN(CC)CC2)C(F)=C(c2cncnc2)C1F.O=C(O)CCC(=O)O. The number of carboxylic acid groups (broad SMARTS) is 2. The van der Waals surface area contributed by atoms with Crippen LogP contribution >= 0.6 is 0 Å². The van der Waals surface area contributed by atoms with Crippen molar-refractivity contribution in [1.82, 2.24) is 34.0 Å². The van der Waals surface area contributed by atoms with Gasteiger partial charge in [-0.2, -0.15) is 4.72 Å². The molecular formula is C32H41F2N7O6S. The molecule has 0 aromatic carbocycles. The summed E-state index contributed by atoms with van der Waals surface area (Å²) in [5, 5.41) is 15.8. The lowest BCUT2D eigenvalue weighted by Crippen LogP contribution is -2.58. The zero-order valence-electron chi connectivity index (χ0n) is 27.1. The molecule has 0 radical (unpaired) electrons. The third-order valence-electron chi connectivity index (χ3n) is 8.46. The van der Waals surface area contributed by atoms with Crippen LogP contribution in [0, 0.1) is 0 Å². The molecule has 1 saturated heterocycles. The van der Waals surface area contributed by atoms with Crippen molar-refractivity contribution < 1.29 is 37.0 Å². The summed E-state index contributed by atoms with van der Waals surface area (Å²) in [6, 6.07) is 5.11. The number of aromatic nitrogens is 4. The van der Waals surface area contributed by atoms with Crippen molar-refractivity contribution in [3.63, 3.8) is 0 Å². The number of alkyl halides is 1. The number of likely N-dealkylation sites (tertiary alicyclic amines) is 1. The minimum atomic E-state index is -4.00. The van der Waals surface area contributed by atoms with Crippen molar-refractivity contribution in [3.05, 3.63) is 72.5 Å². The van der Waals surface area contributed by atoms with E-state index in [4.69, 9.17) is 10.2 Å². The van der Waals surface area contributed by atoms with E-state index >= 15 is 8.78 Å². The quantitative estimate of drug-likeness (QED) is 0.253. The van der Waals surface area contributed by atoms with Crippen molar-refractivity contribution in [1.29, 1.82) is 0 Å². The highest BCUT2D eigenvalue weighted by Gasteiger charge is 2.51. The number of hydrogen-bond acceptors (Lipinski definition) is 9. The zero-order valence-corrected chi connectivity index (χ0v) is 27.9. The van der Waals surface area contributed by atoms with Gasteiger partial charge in [-0.05, 0) is 50.1 Å². The lowest BCUT2D eigenvalue weighted by Gasteiger charge is -2.44. The maximum atomic E-state index is 17.2. The smallest absolute Gasteiger partial charge is 0.303 e. The summed E-state index contributed by atoms with van der Waals surface area (Å²) in [6.07, 6.45) is 7.74. The molecule has 5 rings (SSSR count). The monoisotopic (exact) mass is 689 g/mol. The molecule has 0 saturated carbocycles. The Morgan fingerprint density at radius 3 is 2.33 bits per heavy atom. The van der Waals surface area contributed by atoms with Crippen molar-refractivity contribution >= 4 is 38.6 Å². The van der Waals surface area contributed by atoms with Crippen molar-refractivity contribution in [2.75, 3.05) is 32.4 Å². The van der Waals surface area contributed by atoms with Gasteiger partial charge in [0.25, 0.3) is 0 Å². The molecule has 3 aromatic rings. The van der Waals surface area contributed by atoms with Gasteiger partial charge in [0.2, 0.25) is 10.0 Å². The van der Waals surface area contributed by atoms with Crippen LogP contribution in [0.15, 0.2) is 66.9 Å². The molecule has 2 unspecified atom stereocenters. The highest BCUT2D eigenvalue weighted by molar-refractivity contribution is 7.89. The van der Waals surface area contributed by atoms with Crippen LogP contribution in [0.3, 0.4) is 0 Å². The number of aliphatic carboxylic acids is 2. The highest BCUT2D eigenvalue weighted by atomic mass is 32.2. The van der Waals surface area contributed by atoms with Gasteiger partial charge in [0.05, 0.1) is 35.3 Å². The number of allylic oxidation sites excluding steroid dienone is 1. The first-order valence-corrected chi connectivity index (χ1v) is 17.3. The Morgan fingerprint density at radius 2 is 1.75 bits per heavy atom. The Bertz CT molecular complexity index is 1750. The molecular weight excluding hydrogens is 648 g/mol. The summed E-state index contributed by atoms with van der Waals surface area (Å²) in [7, 11) is -2.21. The average molecular weight is 690 g/mol. The minimum Gasteiger partial charge on any atom is -0.481 e. The van der Waals surface area contributed by atoms with E-state index < -0.39 is 39.6 Å². The average Bonchev–Trinajstić information content (AvgIpc) is 3.51. The maximum absolute atomic E-state index is 17.2. The number of piperidine rings is 1. The molecule has 1 fully saturated rings. The molecule has 1 aliphatic carbocycles. The number of sulfonamides is 1. The van der Waals surface area contributed by atoms with Crippen LogP contribution in [-0.4, -0.2) is 105 Å². The van der Waals surface area contributed by atoms with E-state index in [0.29, 0.717) is 17.5 Å². The van der Waals surface area contributed by atoms with E-state index in [-0.39, 0.29) is 41.5 Å². The summed E-state index contributed by atoms with van der Waals surface area (Å²) in [5.74, 6) is -3.13. The van der Waals surface area contributed by atoms with Crippen LogP contribution in [0.2, 0.25) is 0 Å². The van der Waals surface area contributed by atoms with Crippen molar-refractivity contribution in [2.45, 2.75) is 63.8 Å². The molecule has 260 valence electrons. The molecule has 48 heavy (non-hydrogen) atoms. The first-order chi connectivity index (χ1) is 22.8. The molecule has 0 spiro atoms. The summed E-state index contributed by atoms with van der Waals surface area (Å²) < 4.78 is 64.6. The van der Waals surface area contributed by atoms with E-state index in [1.54, 1.807) is 44.6 Å². The standard InChI is InChI=1S/C28H35F2N7O2S.C4H6O4/c1-4-15-40(38,39)34-28(37-14-10-22-23(37)7-6-11-33-22)16-24(35(3)21-8-12-36(5-2)13-9-21)26(29)25(27(28)30)20-17-31-19-32-18-20;5-3(6)1-2-4(7)8/h6-7,10-11,14,16-19,21,27,34H,4-5,8-9,12-13,15H2,1-3H3;1-2H2,(H,5,6)(H,7,8). The molecule has 4 heterocycles. The maximum Gasteiger partial charge on any atom is 0.303 e. The number of rotatable bonds is 12. The van der Waals surface area contributed by atoms with E-state index in [1.165, 1.54) is 29.4 Å². The number of hydrogen-bond donors (Lipinski definition) is 3. The zero-order chi connectivity index (χ0) is 35.1. The van der Waals surface area contributed by atoms with Gasteiger partial charge in [-0.3, -0.25) is 14.6 Å². The Balaban J connectivity index is 0.000000579. The Kier molecular flexibility index (Phi) is 12.0. The third kappa shape index (κ3) is 8.22. The number of pyridine rings is 1. The number of carboxylic acids is 2. The van der Waals surface area contributed by atoms with Gasteiger partial charge in [-0.15, -0.1) is 0 Å². The predicted octanol–water partition coefficient (Wildman–Crippen LogP) is 3.78. The van der Waals surface area contributed by atoms with Crippen LogP contribution in [0.4, 0.5) is 8.78 Å². The number of fused-ring (bicyclic) bond motifs is 1.